The Morgan fingerprint density at radius 3 is 2.79 bits per heavy atom. The summed E-state index contributed by atoms with van der Waals surface area (Å²) in [4.78, 5) is 14.6. The van der Waals surface area contributed by atoms with E-state index in [0.29, 0.717) is 24.2 Å². The van der Waals surface area contributed by atoms with Gasteiger partial charge in [0.25, 0.3) is 5.91 Å². The molecule has 2 fully saturated rings. The number of aliphatic hydroxyl groups excluding tert-OH is 1. The topological polar surface area (TPSA) is 96.0 Å². The van der Waals surface area contributed by atoms with E-state index in [2.05, 4.69) is 11.8 Å². The molecule has 1 saturated carbocycles. The second kappa shape index (κ2) is 6.69. The number of piperidine rings is 1. The Hall–Kier alpha value is -1.63. The lowest BCUT2D eigenvalue weighted by Crippen LogP contribution is -2.71. The van der Waals surface area contributed by atoms with Gasteiger partial charge in [0.2, 0.25) is 0 Å². The standard InChI is InChI=1S/C23H32N2O4/c1-22-9-10-25(12-14-3-2-4-14)18-11-15-5-6-17(21(24)27)20(19(15)22)29-13-16(26)7-8-23(18,22)28/h5-6,14,16,18,26,28H,2-4,7-13H2,1H3,(H2,24,27)/t16?,18-,22+,23-/m1/s1. The minimum Gasteiger partial charge on any atom is -0.490 e. The molecule has 0 radical (unpaired) electrons. The molecule has 158 valence electrons. The van der Waals surface area contributed by atoms with Gasteiger partial charge in [-0.15, -0.1) is 0 Å². The third-order valence-corrected chi connectivity index (χ3v) is 8.32. The van der Waals surface area contributed by atoms with Gasteiger partial charge in [-0.3, -0.25) is 9.69 Å². The molecule has 6 heteroatoms. The highest BCUT2D eigenvalue weighted by Crippen LogP contribution is 2.57. The van der Waals surface area contributed by atoms with E-state index in [1.807, 2.05) is 6.07 Å². The van der Waals surface area contributed by atoms with Gasteiger partial charge in [-0.05, 0) is 62.6 Å². The normalized spacial score (nSPS) is 36.9. The average molecular weight is 401 g/mol. The zero-order valence-electron chi connectivity index (χ0n) is 17.2. The van der Waals surface area contributed by atoms with Crippen molar-refractivity contribution in [1.82, 2.24) is 4.90 Å². The first-order valence-corrected chi connectivity index (χ1v) is 11.1. The molecule has 2 aliphatic heterocycles. The minimum absolute atomic E-state index is 0.0203. The molecule has 4 atom stereocenters. The van der Waals surface area contributed by atoms with Crippen LogP contribution in [0.5, 0.6) is 5.75 Å². The van der Waals surface area contributed by atoms with Crippen molar-refractivity contribution in [3.8, 4) is 5.75 Å². The number of rotatable bonds is 3. The molecule has 1 saturated heterocycles. The van der Waals surface area contributed by atoms with Crippen molar-refractivity contribution in [2.24, 2.45) is 11.7 Å². The van der Waals surface area contributed by atoms with Crippen LogP contribution in [0.4, 0.5) is 0 Å². The second-order valence-corrected chi connectivity index (χ2v) is 9.86. The van der Waals surface area contributed by atoms with Crippen LogP contribution < -0.4 is 10.5 Å². The van der Waals surface area contributed by atoms with E-state index in [0.717, 1.165) is 43.0 Å². The monoisotopic (exact) mass is 400 g/mol. The molecule has 1 unspecified atom stereocenters. The fourth-order valence-corrected chi connectivity index (χ4v) is 6.32. The number of likely N-dealkylation sites (tertiary alicyclic amines) is 1. The second-order valence-electron chi connectivity index (χ2n) is 9.86. The lowest BCUT2D eigenvalue weighted by Gasteiger charge is -2.61. The van der Waals surface area contributed by atoms with Gasteiger partial charge in [0.15, 0.2) is 0 Å². The van der Waals surface area contributed by atoms with Crippen LogP contribution in [-0.4, -0.2) is 58.5 Å². The summed E-state index contributed by atoms with van der Waals surface area (Å²) in [6.45, 7) is 4.21. The largest absolute Gasteiger partial charge is 0.490 e. The number of nitrogens with two attached hydrogens (primary N) is 1. The molecular formula is C23H32N2O4. The highest BCUT2D eigenvalue weighted by Gasteiger charge is 2.61. The molecule has 1 amide bonds. The number of benzene rings is 1. The SMILES string of the molecule is C[C@]12CCN(CC3CCC3)[C@@H]3Cc4ccc(C(N)=O)c(c41)OCC(O)CC[C@@]32O. The van der Waals surface area contributed by atoms with Crippen molar-refractivity contribution in [2.75, 3.05) is 19.7 Å². The van der Waals surface area contributed by atoms with Gasteiger partial charge >= 0.3 is 0 Å². The van der Waals surface area contributed by atoms with Crippen LogP contribution in [0.15, 0.2) is 12.1 Å². The summed E-state index contributed by atoms with van der Waals surface area (Å²) >= 11 is 0. The van der Waals surface area contributed by atoms with E-state index in [9.17, 15) is 15.0 Å². The Morgan fingerprint density at radius 1 is 1.31 bits per heavy atom. The molecule has 4 aliphatic rings. The van der Waals surface area contributed by atoms with Crippen molar-refractivity contribution in [3.05, 3.63) is 28.8 Å². The Balaban J connectivity index is 1.67. The van der Waals surface area contributed by atoms with E-state index in [1.54, 1.807) is 6.07 Å². The third kappa shape index (κ3) is 2.76. The van der Waals surface area contributed by atoms with Gasteiger partial charge in [-0.25, -0.2) is 0 Å². The maximum absolute atomic E-state index is 12.2. The number of aliphatic hydroxyl groups is 2. The van der Waals surface area contributed by atoms with Gasteiger partial charge in [0, 0.05) is 23.6 Å². The summed E-state index contributed by atoms with van der Waals surface area (Å²) in [5.41, 5.74) is 6.56. The number of nitrogens with zero attached hydrogens (tertiary/aromatic N) is 1. The Labute approximate surface area is 172 Å². The first kappa shape index (κ1) is 19.3. The van der Waals surface area contributed by atoms with Crippen molar-refractivity contribution in [3.63, 3.8) is 0 Å². The minimum atomic E-state index is -0.971. The van der Waals surface area contributed by atoms with Gasteiger partial charge < -0.3 is 20.7 Å². The maximum Gasteiger partial charge on any atom is 0.252 e. The number of hydrogen-bond acceptors (Lipinski definition) is 5. The Morgan fingerprint density at radius 2 is 2.10 bits per heavy atom. The Bertz CT molecular complexity index is 838. The third-order valence-electron chi connectivity index (χ3n) is 8.32. The van der Waals surface area contributed by atoms with Gasteiger partial charge in [-0.2, -0.15) is 0 Å². The number of hydrogen-bond donors (Lipinski definition) is 3. The molecule has 0 spiro atoms. The van der Waals surface area contributed by atoms with Crippen LogP contribution >= 0.6 is 0 Å². The Kier molecular flexibility index (Phi) is 4.46. The van der Waals surface area contributed by atoms with E-state index in [1.165, 1.54) is 19.3 Å². The number of primary amides is 1. The van der Waals surface area contributed by atoms with Crippen molar-refractivity contribution in [1.29, 1.82) is 0 Å². The molecular weight excluding hydrogens is 368 g/mol. The summed E-state index contributed by atoms with van der Waals surface area (Å²) in [6.07, 6.45) is 5.75. The van der Waals surface area contributed by atoms with Gasteiger partial charge in [0.05, 0.1) is 17.3 Å². The fraction of sp³-hybridized carbons (Fsp3) is 0.696. The van der Waals surface area contributed by atoms with Crippen molar-refractivity contribution >= 4 is 5.91 Å². The van der Waals surface area contributed by atoms with E-state index in [4.69, 9.17) is 10.5 Å². The lowest BCUT2D eigenvalue weighted by molar-refractivity contribution is -0.152. The predicted octanol–water partition coefficient (Wildman–Crippen LogP) is 1.74. The predicted molar refractivity (Wildman–Crippen MR) is 109 cm³/mol. The van der Waals surface area contributed by atoms with Crippen LogP contribution in [0.2, 0.25) is 0 Å². The average Bonchev–Trinajstić information content (AvgIpc) is 2.67. The first-order chi connectivity index (χ1) is 13.8. The van der Waals surface area contributed by atoms with E-state index in [-0.39, 0.29) is 12.6 Å². The van der Waals surface area contributed by atoms with Crippen molar-refractivity contribution in [2.45, 2.75) is 75.0 Å². The summed E-state index contributed by atoms with van der Waals surface area (Å²) in [7, 11) is 0. The van der Waals surface area contributed by atoms with Crippen LogP contribution in [-0.2, 0) is 11.8 Å². The van der Waals surface area contributed by atoms with Gasteiger partial charge in [0.1, 0.15) is 12.4 Å². The number of amides is 1. The van der Waals surface area contributed by atoms with Crippen LogP contribution in [0.3, 0.4) is 0 Å². The summed E-state index contributed by atoms with van der Waals surface area (Å²) < 4.78 is 6.02. The molecule has 2 aliphatic carbocycles. The molecule has 29 heavy (non-hydrogen) atoms. The van der Waals surface area contributed by atoms with Crippen LogP contribution in [0.1, 0.15) is 66.9 Å². The van der Waals surface area contributed by atoms with Gasteiger partial charge in [-0.1, -0.05) is 19.4 Å². The maximum atomic E-state index is 12.2. The smallest absolute Gasteiger partial charge is 0.252 e. The summed E-state index contributed by atoms with van der Waals surface area (Å²) in [5.74, 6) is 0.679. The quantitative estimate of drug-likeness (QED) is 0.718. The summed E-state index contributed by atoms with van der Waals surface area (Å²) in [6, 6.07) is 3.77. The number of ether oxygens (including phenoxy) is 1. The van der Waals surface area contributed by atoms with E-state index < -0.39 is 23.0 Å². The molecule has 5 rings (SSSR count). The summed E-state index contributed by atoms with van der Waals surface area (Å²) in [5, 5.41) is 22.7. The molecule has 1 aromatic rings. The lowest BCUT2D eigenvalue weighted by atomic mass is 9.53. The molecule has 4 bridgehead atoms. The fourth-order valence-electron chi connectivity index (χ4n) is 6.32. The molecule has 1 aromatic carbocycles. The van der Waals surface area contributed by atoms with Crippen LogP contribution in [0, 0.1) is 5.92 Å². The highest BCUT2D eigenvalue weighted by atomic mass is 16.5. The number of carbonyl (C=O) groups is 1. The zero-order valence-corrected chi connectivity index (χ0v) is 17.2. The zero-order chi connectivity index (χ0) is 20.4. The van der Waals surface area contributed by atoms with Crippen LogP contribution in [0.25, 0.3) is 0 Å². The highest BCUT2D eigenvalue weighted by molar-refractivity contribution is 5.96. The molecule has 6 nitrogen and oxygen atoms in total. The molecule has 2 heterocycles. The molecule has 4 N–H and O–H groups in total. The first-order valence-electron chi connectivity index (χ1n) is 11.1. The number of carbonyl (C=O) groups excluding carboxylic acids is 1. The molecule has 0 aromatic heterocycles. The van der Waals surface area contributed by atoms with Crippen molar-refractivity contribution < 1.29 is 19.7 Å². The van der Waals surface area contributed by atoms with E-state index >= 15 is 0 Å².